The molecule has 0 saturated heterocycles. The van der Waals surface area contributed by atoms with Crippen LogP contribution < -0.4 is 0 Å². The van der Waals surface area contributed by atoms with Crippen molar-refractivity contribution in [1.82, 2.24) is 14.8 Å². The number of rotatable bonds is 4. The van der Waals surface area contributed by atoms with Gasteiger partial charge in [-0.25, -0.2) is 0 Å². The van der Waals surface area contributed by atoms with Gasteiger partial charge in [0.1, 0.15) is 5.82 Å². The molecule has 0 bridgehead atoms. The summed E-state index contributed by atoms with van der Waals surface area (Å²) in [5, 5.41) is 8.41. The van der Waals surface area contributed by atoms with Crippen molar-refractivity contribution in [3.8, 4) is 0 Å². The third-order valence-electron chi connectivity index (χ3n) is 2.04. The van der Waals surface area contributed by atoms with Crippen LogP contribution in [0.25, 0.3) is 0 Å². The molecule has 0 amide bonds. The molecule has 0 aliphatic heterocycles. The molecule has 0 spiro atoms. The summed E-state index contributed by atoms with van der Waals surface area (Å²) in [5.74, 6) is 0.896. The van der Waals surface area contributed by atoms with Gasteiger partial charge in [0, 0.05) is 12.0 Å². The maximum atomic E-state index is 5.96. The minimum atomic E-state index is -0.0493. The SMILES string of the molecule is CCOCCn1c(Cl)nnc1C(C)(C)C. The summed E-state index contributed by atoms with van der Waals surface area (Å²) < 4.78 is 7.19. The number of ether oxygens (including phenoxy) is 1. The third kappa shape index (κ3) is 3.18. The number of hydrogen-bond acceptors (Lipinski definition) is 3. The van der Waals surface area contributed by atoms with E-state index in [2.05, 4.69) is 31.0 Å². The number of nitrogens with zero attached hydrogens (tertiary/aromatic N) is 3. The number of halogens is 1. The minimum absolute atomic E-state index is 0.0493. The molecule has 15 heavy (non-hydrogen) atoms. The average Bonchev–Trinajstić information content (AvgIpc) is 2.48. The summed E-state index contributed by atoms with van der Waals surface area (Å²) in [7, 11) is 0. The second-order valence-electron chi connectivity index (χ2n) is 4.39. The lowest BCUT2D eigenvalue weighted by molar-refractivity contribution is 0.137. The summed E-state index contributed by atoms with van der Waals surface area (Å²) in [6.45, 7) is 10.3. The smallest absolute Gasteiger partial charge is 0.225 e. The molecule has 0 aliphatic carbocycles. The number of hydrogen-bond donors (Lipinski definition) is 0. The van der Waals surface area contributed by atoms with Crippen molar-refractivity contribution >= 4 is 11.6 Å². The highest BCUT2D eigenvalue weighted by Crippen LogP contribution is 2.22. The highest BCUT2D eigenvalue weighted by atomic mass is 35.5. The maximum Gasteiger partial charge on any atom is 0.225 e. The van der Waals surface area contributed by atoms with Crippen molar-refractivity contribution in [3.05, 3.63) is 11.1 Å². The van der Waals surface area contributed by atoms with E-state index in [-0.39, 0.29) is 5.41 Å². The maximum absolute atomic E-state index is 5.96. The van der Waals surface area contributed by atoms with E-state index in [4.69, 9.17) is 16.3 Å². The van der Waals surface area contributed by atoms with Gasteiger partial charge in [0.15, 0.2) is 0 Å². The van der Waals surface area contributed by atoms with Crippen molar-refractivity contribution in [2.45, 2.75) is 39.7 Å². The van der Waals surface area contributed by atoms with Crippen LogP contribution in [-0.2, 0) is 16.7 Å². The van der Waals surface area contributed by atoms with Crippen molar-refractivity contribution < 1.29 is 4.74 Å². The highest BCUT2D eigenvalue weighted by Gasteiger charge is 2.22. The van der Waals surface area contributed by atoms with E-state index in [0.29, 0.717) is 25.0 Å². The second-order valence-corrected chi connectivity index (χ2v) is 4.73. The molecule has 0 saturated carbocycles. The highest BCUT2D eigenvalue weighted by molar-refractivity contribution is 6.28. The predicted molar refractivity (Wildman–Crippen MR) is 60.2 cm³/mol. The molecule has 0 aromatic carbocycles. The van der Waals surface area contributed by atoms with Gasteiger partial charge in [-0.2, -0.15) is 0 Å². The van der Waals surface area contributed by atoms with Crippen molar-refractivity contribution in [2.24, 2.45) is 0 Å². The van der Waals surface area contributed by atoms with Gasteiger partial charge in [0.2, 0.25) is 5.28 Å². The van der Waals surface area contributed by atoms with Crippen molar-refractivity contribution in [2.75, 3.05) is 13.2 Å². The first-order valence-corrected chi connectivity index (χ1v) is 5.51. The average molecular weight is 232 g/mol. The Morgan fingerprint density at radius 3 is 2.53 bits per heavy atom. The lowest BCUT2D eigenvalue weighted by Crippen LogP contribution is -2.20. The Morgan fingerprint density at radius 2 is 2.00 bits per heavy atom. The van der Waals surface area contributed by atoms with Gasteiger partial charge in [-0.15, -0.1) is 10.2 Å². The lowest BCUT2D eigenvalue weighted by Gasteiger charge is -2.18. The van der Waals surface area contributed by atoms with E-state index in [1.54, 1.807) is 0 Å². The molecule has 1 rings (SSSR count). The molecule has 5 heteroatoms. The second kappa shape index (κ2) is 4.94. The molecular weight excluding hydrogens is 214 g/mol. The van der Waals surface area contributed by atoms with Gasteiger partial charge >= 0.3 is 0 Å². The molecule has 4 nitrogen and oxygen atoms in total. The summed E-state index contributed by atoms with van der Waals surface area (Å²) in [5.41, 5.74) is -0.0493. The van der Waals surface area contributed by atoms with Gasteiger partial charge in [-0.3, -0.25) is 4.57 Å². The van der Waals surface area contributed by atoms with Gasteiger partial charge in [-0.05, 0) is 18.5 Å². The fraction of sp³-hybridized carbons (Fsp3) is 0.800. The van der Waals surface area contributed by atoms with E-state index >= 15 is 0 Å². The summed E-state index contributed by atoms with van der Waals surface area (Å²) in [6.07, 6.45) is 0. The van der Waals surface area contributed by atoms with Crippen molar-refractivity contribution in [1.29, 1.82) is 0 Å². The van der Waals surface area contributed by atoms with Crippen LogP contribution in [0.1, 0.15) is 33.5 Å². The van der Waals surface area contributed by atoms with Crippen LogP contribution in [0.15, 0.2) is 0 Å². The van der Waals surface area contributed by atoms with Crippen LogP contribution >= 0.6 is 11.6 Å². The fourth-order valence-electron chi connectivity index (χ4n) is 1.34. The minimum Gasteiger partial charge on any atom is -0.380 e. The Labute approximate surface area is 95.6 Å². The Bertz CT molecular complexity index is 317. The summed E-state index contributed by atoms with van der Waals surface area (Å²) in [4.78, 5) is 0. The Hall–Kier alpha value is -0.610. The van der Waals surface area contributed by atoms with Crippen LogP contribution in [0.2, 0.25) is 5.28 Å². The first-order chi connectivity index (χ1) is 6.96. The van der Waals surface area contributed by atoms with E-state index in [0.717, 1.165) is 5.82 Å². The Balaban J connectivity index is 2.80. The molecule has 1 aromatic heterocycles. The topological polar surface area (TPSA) is 39.9 Å². The van der Waals surface area contributed by atoms with Gasteiger partial charge in [0.25, 0.3) is 0 Å². The van der Waals surface area contributed by atoms with E-state index in [1.165, 1.54) is 0 Å². The monoisotopic (exact) mass is 231 g/mol. The van der Waals surface area contributed by atoms with Crippen LogP contribution in [0, 0.1) is 0 Å². The third-order valence-corrected chi connectivity index (χ3v) is 2.32. The molecule has 0 radical (unpaired) electrons. The first-order valence-electron chi connectivity index (χ1n) is 5.13. The lowest BCUT2D eigenvalue weighted by atomic mass is 9.96. The van der Waals surface area contributed by atoms with E-state index < -0.39 is 0 Å². The summed E-state index contributed by atoms with van der Waals surface area (Å²) in [6, 6.07) is 0. The van der Waals surface area contributed by atoms with Gasteiger partial charge in [-0.1, -0.05) is 20.8 Å². The molecule has 0 fully saturated rings. The molecule has 0 atom stereocenters. The van der Waals surface area contributed by atoms with Crippen LogP contribution in [0.3, 0.4) is 0 Å². The van der Waals surface area contributed by atoms with Crippen LogP contribution in [0.5, 0.6) is 0 Å². The molecule has 1 aromatic rings. The van der Waals surface area contributed by atoms with E-state index in [1.807, 2.05) is 11.5 Å². The van der Waals surface area contributed by atoms with Crippen LogP contribution in [-0.4, -0.2) is 28.0 Å². The quantitative estimate of drug-likeness (QED) is 0.747. The molecule has 0 aliphatic rings. The zero-order chi connectivity index (χ0) is 11.5. The molecule has 1 heterocycles. The first kappa shape index (κ1) is 12.5. The Morgan fingerprint density at radius 1 is 1.33 bits per heavy atom. The van der Waals surface area contributed by atoms with E-state index in [9.17, 15) is 0 Å². The standard InChI is InChI=1S/C10H18ClN3O/c1-5-15-7-6-14-8(10(2,3)4)12-13-9(14)11/h5-7H2,1-4H3. The normalized spacial score (nSPS) is 12.1. The summed E-state index contributed by atoms with van der Waals surface area (Å²) >= 11 is 5.96. The molecular formula is C10H18ClN3O. The van der Waals surface area contributed by atoms with Gasteiger partial charge in [0.05, 0.1) is 13.2 Å². The fourth-order valence-corrected chi connectivity index (χ4v) is 1.54. The number of aromatic nitrogens is 3. The van der Waals surface area contributed by atoms with Gasteiger partial charge < -0.3 is 4.74 Å². The molecule has 86 valence electrons. The zero-order valence-corrected chi connectivity index (χ0v) is 10.5. The largest absolute Gasteiger partial charge is 0.380 e. The zero-order valence-electron chi connectivity index (χ0n) is 9.75. The Kier molecular flexibility index (Phi) is 4.11. The van der Waals surface area contributed by atoms with Crippen molar-refractivity contribution in [3.63, 3.8) is 0 Å². The molecule has 0 unspecified atom stereocenters. The van der Waals surface area contributed by atoms with Crippen LogP contribution in [0.4, 0.5) is 0 Å². The molecule has 0 N–H and O–H groups in total. The predicted octanol–water partition coefficient (Wildman–Crippen LogP) is 2.27.